The Labute approximate surface area is 143 Å². The van der Waals surface area contributed by atoms with E-state index in [1.54, 1.807) is 25.2 Å². The number of carbonyl (C=O) groups is 1. The highest BCUT2D eigenvalue weighted by molar-refractivity contribution is 5.80. The molecule has 2 aromatic rings. The first kappa shape index (κ1) is 16.1. The molecule has 0 radical (unpaired) electrons. The number of aromatic nitrogens is 2. The van der Waals surface area contributed by atoms with Gasteiger partial charge in [0.1, 0.15) is 0 Å². The molecule has 1 amide bonds. The maximum absolute atomic E-state index is 15.5. The summed E-state index contributed by atoms with van der Waals surface area (Å²) in [5.74, 6) is 0. The van der Waals surface area contributed by atoms with Gasteiger partial charge in [-0.3, -0.25) is 9.47 Å². The van der Waals surface area contributed by atoms with Gasteiger partial charge in [-0.25, -0.2) is 14.0 Å². The molecule has 1 aromatic heterocycles. The number of imidazole rings is 1. The van der Waals surface area contributed by atoms with Crippen LogP contribution in [0.2, 0.25) is 0 Å². The number of rotatable bonds is 2. The third-order valence-corrected chi connectivity index (χ3v) is 5.56. The molecule has 1 aromatic carbocycles. The van der Waals surface area contributed by atoms with Crippen molar-refractivity contribution in [3.63, 3.8) is 0 Å². The average Bonchev–Trinajstić information content (AvgIpc) is 2.86. The molecule has 0 unspecified atom stereocenters. The second kappa shape index (κ2) is 5.59. The van der Waals surface area contributed by atoms with Crippen LogP contribution in [-0.2, 0) is 12.7 Å². The van der Waals surface area contributed by atoms with E-state index in [1.807, 2.05) is 0 Å². The number of amides is 1. The highest BCUT2D eigenvalue weighted by Gasteiger charge is 2.49. The number of hydrogen-bond donors (Lipinski definition) is 2. The maximum Gasteiger partial charge on any atom is 0.407 e. The highest BCUT2D eigenvalue weighted by atomic mass is 19.1. The molecule has 2 aliphatic rings. The van der Waals surface area contributed by atoms with Gasteiger partial charge in [-0.2, -0.15) is 0 Å². The molecule has 7 nitrogen and oxygen atoms in total. The van der Waals surface area contributed by atoms with Crippen LogP contribution in [0.15, 0.2) is 23.0 Å². The minimum atomic E-state index is -1.48. The zero-order valence-electron chi connectivity index (χ0n) is 14.0. The van der Waals surface area contributed by atoms with Crippen molar-refractivity contribution < 1.29 is 14.3 Å². The first-order valence-electron chi connectivity index (χ1n) is 8.48. The SMILES string of the molecule is Cn1c(=O)[nH]c2cccc(C3(F)CN(C4CCN(C(=O)O)CC4)C3)c21. The highest BCUT2D eigenvalue weighted by Crippen LogP contribution is 2.41. The van der Waals surface area contributed by atoms with Crippen molar-refractivity contribution in [2.24, 2.45) is 7.05 Å². The lowest BCUT2D eigenvalue weighted by Gasteiger charge is -2.50. The van der Waals surface area contributed by atoms with Crippen LogP contribution in [0.1, 0.15) is 18.4 Å². The van der Waals surface area contributed by atoms with E-state index in [9.17, 15) is 9.59 Å². The van der Waals surface area contributed by atoms with Crippen LogP contribution in [0.3, 0.4) is 0 Å². The number of nitrogens with one attached hydrogen (secondary N) is 1. The molecule has 134 valence electrons. The monoisotopic (exact) mass is 348 g/mol. The lowest BCUT2D eigenvalue weighted by molar-refractivity contribution is -0.0721. The number of fused-ring (bicyclic) bond motifs is 1. The van der Waals surface area contributed by atoms with Crippen molar-refractivity contribution >= 4 is 17.1 Å². The number of aryl methyl sites for hydroxylation is 1. The Morgan fingerprint density at radius 3 is 2.64 bits per heavy atom. The first-order valence-corrected chi connectivity index (χ1v) is 8.48. The van der Waals surface area contributed by atoms with Gasteiger partial charge in [0.25, 0.3) is 0 Å². The van der Waals surface area contributed by atoms with Crippen LogP contribution in [0.5, 0.6) is 0 Å². The number of halogens is 1. The van der Waals surface area contributed by atoms with E-state index in [0.29, 0.717) is 29.7 Å². The Hall–Kier alpha value is -2.35. The lowest BCUT2D eigenvalue weighted by Crippen LogP contribution is -2.62. The molecule has 2 fully saturated rings. The first-order chi connectivity index (χ1) is 11.9. The molecule has 25 heavy (non-hydrogen) atoms. The van der Waals surface area contributed by atoms with Crippen LogP contribution in [0.25, 0.3) is 11.0 Å². The molecule has 3 heterocycles. The number of benzene rings is 1. The van der Waals surface area contributed by atoms with Gasteiger partial charge in [-0.15, -0.1) is 0 Å². The molecule has 0 saturated carbocycles. The van der Waals surface area contributed by atoms with Crippen molar-refractivity contribution in [3.05, 3.63) is 34.2 Å². The zero-order chi connectivity index (χ0) is 17.8. The van der Waals surface area contributed by atoms with Gasteiger partial charge in [0, 0.05) is 44.8 Å². The summed E-state index contributed by atoms with van der Waals surface area (Å²) >= 11 is 0. The van der Waals surface area contributed by atoms with E-state index >= 15 is 4.39 Å². The Kier molecular flexibility index (Phi) is 3.61. The smallest absolute Gasteiger partial charge is 0.407 e. The fourth-order valence-corrected chi connectivity index (χ4v) is 4.12. The third kappa shape index (κ3) is 2.52. The van der Waals surface area contributed by atoms with E-state index in [1.165, 1.54) is 9.47 Å². The fourth-order valence-electron chi connectivity index (χ4n) is 4.12. The molecule has 8 heteroatoms. The largest absolute Gasteiger partial charge is 0.465 e. The molecule has 2 saturated heterocycles. The molecule has 0 spiro atoms. The van der Waals surface area contributed by atoms with Gasteiger partial charge in [-0.05, 0) is 18.9 Å². The predicted octanol–water partition coefficient (Wildman–Crippen LogP) is 1.49. The van der Waals surface area contributed by atoms with Gasteiger partial charge < -0.3 is 15.0 Å². The molecule has 0 aliphatic carbocycles. The van der Waals surface area contributed by atoms with E-state index in [4.69, 9.17) is 5.11 Å². The van der Waals surface area contributed by atoms with E-state index in [0.717, 1.165) is 12.8 Å². The molecule has 0 bridgehead atoms. The number of carboxylic acid groups (broad SMARTS) is 1. The van der Waals surface area contributed by atoms with Gasteiger partial charge in [0.2, 0.25) is 0 Å². The van der Waals surface area contributed by atoms with Gasteiger partial charge in [-0.1, -0.05) is 12.1 Å². The van der Waals surface area contributed by atoms with E-state index < -0.39 is 11.8 Å². The molecule has 2 aliphatic heterocycles. The number of aromatic amines is 1. The summed E-state index contributed by atoms with van der Waals surface area (Å²) in [4.78, 5) is 29.1. The number of likely N-dealkylation sites (tertiary alicyclic amines) is 2. The van der Waals surface area contributed by atoms with Crippen LogP contribution in [0, 0.1) is 0 Å². The number of hydrogen-bond acceptors (Lipinski definition) is 3. The molecule has 2 N–H and O–H groups in total. The normalized spacial score (nSPS) is 21.4. The summed E-state index contributed by atoms with van der Waals surface area (Å²) in [6, 6.07) is 5.51. The average molecular weight is 348 g/mol. The van der Waals surface area contributed by atoms with Gasteiger partial charge in [0.05, 0.1) is 11.0 Å². The Bertz CT molecular complexity index is 876. The number of piperidine rings is 1. The second-order valence-electron chi connectivity index (χ2n) is 7.06. The van der Waals surface area contributed by atoms with Gasteiger partial charge in [0.15, 0.2) is 5.67 Å². The van der Waals surface area contributed by atoms with Gasteiger partial charge >= 0.3 is 11.8 Å². The quantitative estimate of drug-likeness (QED) is 0.862. The number of nitrogens with zero attached hydrogens (tertiary/aromatic N) is 3. The fraction of sp³-hybridized carbons (Fsp3) is 0.529. The van der Waals surface area contributed by atoms with Crippen LogP contribution in [-0.4, -0.2) is 62.8 Å². The molecule has 0 atom stereocenters. The Balaban J connectivity index is 1.51. The Morgan fingerprint density at radius 2 is 2.00 bits per heavy atom. The van der Waals surface area contributed by atoms with Crippen molar-refractivity contribution in [2.45, 2.75) is 24.6 Å². The summed E-state index contributed by atoms with van der Waals surface area (Å²) in [7, 11) is 1.64. The van der Waals surface area contributed by atoms with Crippen LogP contribution >= 0.6 is 0 Å². The summed E-state index contributed by atoms with van der Waals surface area (Å²) in [5.41, 5.74) is 0.0921. The summed E-state index contributed by atoms with van der Waals surface area (Å²) in [6.45, 7) is 1.56. The van der Waals surface area contributed by atoms with E-state index in [-0.39, 0.29) is 24.8 Å². The predicted molar refractivity (Wildman–Crippen MR) is 90.5 cm³/mol. The summed E-state index contributed by atoms with van der Waals surface area (Å²) in [6.07, 6.45) is 0.576. The Morgan fingerprint density at radius 1 is 1.32 bits per heavy atom. The van der Waals surface area contributed by atoms with Crippen LogP contribution < -0.4 is 5.69 Å². The molecule has 4 rings (SSSR count). The number of alkyl halides is 1. The van der Waals surface area contributed by atoms with Crippen LogP contribution in [0.4, 0.5) is 9.18 Å². The molecular weight excluding hydrogens is 327 g/mol. The molecular formula is C17H21FN4O3. The maximum atomic E-state index is 15.5. The van der Waals surface area contributed by atoms with Crippen molar-refractivity contribution in [2.75, 3.05) is 26.2 Å². The van der Waals surface area contributed by atoms with Crippen molar-refractivity contribution in [3.8, 4) is 0 Å². The second-order valence-corrected chi connectivity index (χ2v) is 7.06. The summed E-state index contributed by atoms with van der Waals surface area (Å²) in [5, 5.41) is 9.02. The minimum Gasteiger partial charge on any atom is -0.465 e. The standard InChI is InChI=1S/C17H21FN4O3/c1-20-14-12(3-2-4-13(14)19-15(20)23)17(18)9-22(10-17)11-5-7-21(8-6-11)16(24)25/h2-4,11H,5-10H2,1H3,(H,19,23)(H,24,25). The zero-order valence-corrected chi connectivity index (χ0v) is 14.0. The lowest BCUT2D eigenvalue weighted by atomic mass is 9.84. The van der Waals surface area contributed by atoms with Crippen molar-refractivity contribution in [1.82, 2.24) is 19.4 Å². The van der Waals surface area contributed by atoms with E-state index in [2.05, 4.69) is 9.88 Å². The number of H-pyrrole nitrogens is 1. The third-order valence-electron chi connectivity index (χ3n) is 5.56. The minimum absolute atomic E-state index is 0.216. The number of para-hydroxylation sites is 1. The van der Waals surface area contributed by atoms with Crippen molar-refractivity contribution in [1.29, 1.82) is 0 Å². The topological polar surface area (TPSA) is 81.6 Å². The summed E-state index contributed by atoms with van der Waals surface area (Å²) < 4.78 is 17.0.